The van der Waals surface area contributed by atoms with E-state index in [0.29, 0.717) is 12.0 Å². The van der Waals surface area contributed by atoms with Crippen LogP contribution in [0, 0.1) is 26.7 Å². The molecule has 1 aliphatic carbocycles. The molecule has 158 valence electrons. The Morgan fingerprint density at radius 2 is 1.83 bits per heavy atom. The van der Waals surface area contributed by atoms with Gasteiger partial charge in [-0.05, 0) is 57.7 Å². The number of nitrogens with zero attached hydrogens (tertiary/aromatic N) is 2. The van der Waals surface area contributed by atoms with Gasteiger partial charge in [-0.3, -0.25) is 14.5 Å². The quantitative estimate of drug-likeness (QED) is 0.613. The Morgan fingerprint density at radius 3 is 2.50 bits per heavy atom. The van der Waals surface area contributed by atoms with Gasteiger partial charge in [0.05, 0.1) is 6.54 Å². The molecule has 30 heavy (non-hydrogen) atoms. The molecule has 1 N–H and O–H groups in total. The van der Waals surface area contributed by atoms with Gasteiger partial charge in [0.2, 0.25) is 0 Å². The Labute approximate surface area is 177 Å². The summed E-state index contributed by atoms with van der Waals surface area (Å²) in [6.07, 6.45) is 3.53. The zero-order valence-electron chi connectivity index (χ0n) is 18.1. The zero-order valence-corrected chi connectivity index (χ0v) is 18.1. The number of aromatic nitrogens is 1. The van der Waals surface area contributed by atoms with Crippen molar-refractivity contribution >= 4 is 17.7 Å². The molecule has 2 atom stereocenters. The van der Waals surface area contributed by atoms with E-state index in [9.17, 15) is 14.4 Å². The first kappa shape index (κ1) is 20.4. The average Bonchev–Trinajstić information content (AvgIpc) is 3.13. The smallest absolute Gasteiger partial charge is 0.323 e. The molecule has 0 unspecified atom stereocenters. The van der Waals surface area contributed by atoms with Gasteiger partial charge in [0.25, 0.3) is 5.91 Å². The van der Waals surface area contributed by atoms with E-state index in [2.05, 4.69) is 5.32 Å². The maximum atomic E-state index is 13.2. The lowest BCUT2D eigenvalue weighted by atomic mass is 9.73. The van der Waals surface area contributed by atoms with Gasteiger partial charge in [-0.25, -0.2) is 4.79 Å². The van der Waals surface area contributed by atoms with E-state index in [1.807, 2.05) is 62.6 Å². The standard InChI is InChI=1S/C24H29N3O3/c1-15-8-10-19(11-9-15)27-17(3)13-20(18(27)4)21(28)14-26-22(29)24(25-23(26)30)12-6-5-7-16(24)2/h8-11,13,16H,5-7,12,14H2,1-4H3,(H,25,30)/t16-,24-/m0/s1. The molecule has 2 aliphatic rings. The SMILES string of the molecule is Cc1ccc(-n2c(C)cc(C(=O)CN3C(=O)N[C@]4(CCCC[C@@H]4C)C3=O)c2C)cc1. The Kier molecular flexibility index (Phi) is 5.04. The molecular formula is C24H29N3O3. The van der Waals surface area contributed by atoms with Gasteiger partial charge in [0.15, 0.2) is 5.78 Å². The molecule has 1 saturated heterocycles. The predicted octanol–water partition coefficient (Wildman–Crippen LogP) is 4.09. The van der Waals surface area contributed by atoms with Crippen molar-refractivity contribution in [3.05, 3.63) is 52.8 Å². The number of urea groups is 1. The van der Waals surface area contributed by atoms with Crippen LogP contribution in [0.2, 0.25) is 0 Å². The van der Waals surface area contributed by atoms with Gasteiger partial charge in [-0.15, -0.1) is 0 Å². The van der Waals surface area contributed by atoms with Crippen LogP contribution in [0.25, 0.3) is 5.69 Å². The van der Waals surface area contributed by atoms with E-state index in [1.54, 1.807) is 0 Å². The third-order valence-corrected chi connectivity index (χ3v) is 6.83. The molecule has 2 heterocycles. The van der Waals surface area contributed by atoms with Gasteiger partial charge in [0, 0.05) is 22.6 Å². The predicted molar refractivity (Wildman–Crippen MR) is 115 cm³/mol. The van der Waals surface area contributed by atoms with Crippen molar-refractivity contribution in [2.24, 2.45) is 5.92 Å². The van der Waals surface area contributed by atoms with E-state index in [1.165, 1.54) is 5.56 Å². The fraction of sp³-hybridized carbons (Fsp3) is 0.458. The number of benzene rings is 1. The molecular weight excluding hydrogens is 378 g/mol. The molecule has 2 aromatic rings. The van der Waals surface area contributed by atoms with Crippen molar-refractivity contribution in [2.75, 3.05) is 6.54 Å². The molecule has 0 radical (unpaired) electrons. The Morgan fingerprint density at radius 1 is 1.13 bits per heavy atom. The fourth-order valence-corrected chi connectivity index (χ4v) is 5.00. The van der Waals surface area contributed by atoms with Crippen LogP contribution in [-0.2, 0) is 4.79 Å². The summed E-state index contributed by atoms with van der Waals surface area (Å²) < 4.78 is 2.03. The minimum absolute atomic E-state index is 0.0782. The van der Waals surface area contributed by atoms with Gasteiger partial charge in [-0.1, -0.05) is 37.5 Å². The number of hydrogen-bond acceptors (Lipinski definition) is 3. The number of hydrogen-bond donors (Lipinski definition) is 1. The summed E-state index contributed by atoms with van der Waals surface area (Å²) in [5.41, 5.74) is 3.62. The van der Waals surface area contributed by atoms with Crippen LogP contribution < -0.4 is 5.32 Å². The number of carbonyl (C=O) groups is 3. The van der Waals surface area contributed by atoms with Crippen LogP contribution in [-0.4, -0.2) is 39.3 Å². The van der Waals surface area contributed by atoms with E-state index in [-0.39, 0.29) is 24.2 Å². The summed E-state index contributed by atoms with van der Waals surface area (Å²) in [5.74, 6) is -0.389. The summed E-state index contributed by atoms with van der Waals surface area (Å²) in [5, 5.41) is 2.92. The van der Waals surface area contributed by atoms with Crippen molar-refractivity contribution in [1.29, 1.82) is 0 Å². The molecule has 1 spiro atoms. The molecule has 4 rings (SSSR count). The van der Waals surface area contributed by atoms with E-state index in [0.717, 1.165) is 41.2 Å². The minimum atomic E-state index is -0.839. The van der Waals surface area contributed by atoms with Crippen molar-refractivity contribution < 1.29 is 14.4 Å². The third-order valence-electron chi connectivity index (χ3n) is 6.83. The first-order chi connectivity index (χ1) is 14.2. The van der Waals surface area contributed by atoms with Crippen LogP contribution in [0.5, 0.6) is 0 Å². The normalized spacial score (nSPS) is 23.9. The zero-order chi connectivity index (χ0) is 21.6. The van der Waals surface area contributed by atoms with E-state index >= 15 is 0 Å². The Bertz CT molecular complexity index is 1020. The summed E-state index contributed by atoms with van der Waals surface area (Å²) in [6, 6.07) is 9.51. The second kappa shape index (κ2) is 7.42. The number of Topliss-reactive ketones (excluding diaryl/α,β-unsaturated/α-hetero) is 1. The lowest BCUT2D eigenvalue weighted by molar-refractivity contribution is -0.133. The number of ketones is 1. The summed E-state index contributed by atoms with van der Waals surface area (Å²) in [6.45, 7) is 7.67. The Balaban J connectivity index is 1.59. The van der Waals surface area contributed by atoms with Crippen LogP contribution in [0.3, 0.4) is 0 Å². The number of rotatable bonds is 4. The second-order valence-electron chi connectivity index (χ2n) is 8.82. The van der Waals surface area contributed by atoms with Crippen molar-refractivity contribution in [1.82, 2.24) is 14.8 Å². The Hall–Kier alpha value is -2.89. The first-order valence-electron chi connectivity index (χ1n) is 10.7. The number of carbonyl (C=O) groups excluding carboxylic acids is 3. The van der Waals surface area contributed by atoms with Gasteiger partial charge < -0.3 is 9.88 Å². The number of aryl methyl sites for hydroxylation is 2. The molecule has 6 nitrogen and oxygen atoms in total. The molecule has 1 aromatic heterocycles. The highest BCUT2D eigenvalue weighted by Gasteiger charge is 2.55. The molecule has 1 aliphatic heterocycles. The monoisotopic (exact) mass is 407 g/mol. The number of amides is 3. The van der Waals surface area contributed by atoms with E-state index in [4.69, 9.17) is 0 Å². The van der Waals surface area contributed by atoms with Gasteiger partial charge in [-0.2, -0.15) is 0 Å². The highest BCUT2D eigenvalue weighted by molar-refractivity contribution is 6.11. The van der Waals surface area contributed by atoms with Crippen molar-refractivity contribution in [2.45, 2.75) is 58.9 Å². The molecule has 6 heteroatoms. The molecule has 2 fully saturated rings. The topological polar surface area (TPSA) is 71.4 Å². The van der Waals surface area contributed by atoms with Crippen LogP contribution >= 0.6 is 0 Å². The summed E-state index contributed by atoms with van der Waals surface area (Å²) in [4.78, 5) is 40.0. The van der Waals surface area contributed by atoms with Gasteiger partial charge >= 0.3 is 6.03 Å². The lowest BCUT2D eigenvalue weighted by Crippen LogP contribution is -2.54. The largest absolute Gasteiger partial charge is 0.325 e. The molecule has 1 aromatic carbocycles. The minimum Gasteiger partial charge on any atom is -0.323 e. The van der Waals surface area contributed by atoms with Crippen LogP contribution in [0.4, 0.5) is 4.79 Å². The van der Waals surface area contributed by atoms with Gasteiger partial charge in [0.1, 0.15) is 5.54 Å². The van der Waals surface area contributed by atoms with E-state index < -0.39 is 11.6 Å². The molecule has 1 saturated carbocycles. The van der Waals surface area contributed by atoms with Crippen molar-refractivity contribution in [3.8, 4) is 5.69 Å². The number of nitrogens with one attached hydrogen (secondary N) is 1. The highest BCUT2D eigenvalue weighted by atomic mass is 16.2. The maximum Gasteiger partial charge on any atom is 0.325 e. The third kappa shape index (κ3) is 3.15. The number of imide groups is 1. The van der Waals surface area contributed by atoms with Crippen LogP contribution in [0.1, 0.15) is 59.9 Å². The summed E-state index contributed by atoms with van der Waals surface area (Å²) in [7, 11) is 0. The first-order valence-corrected chi connectivity index (χ1v) is 10.7. The summed E-state index contributed by atoms with van der Waals surface area (Å²) >= 11 is 0. The molecule has 3 amide bonds. The average molecular weight is 408 g/mol. The fourth-order valence-electron chi connectivity index (χ4n) is 5.00. The van der Waals surface area contributed by atoms with Crippen LogP contribution in [0.15, 0.2) is 30.3 Å². The molecule has 0 bridgehead atoms. The maximum absolute atomic E-state index is 13.2. The second-order valence-corrected chi connectivity index (χ2v) is 8.82. The highest BCUT2D eigenvalue weighted by Crippen LogP contribution is 2.38. The lowest BCUT2D eigenvalue weighted by Gasteiger charge is -2.36. The van der Waals surface area contributed by atoms with Crippen molar-refractivity contribution in [3.63, 3.8) is 0 Å².